The summed E-state index contributed by atoms with van der Waals surface area (Å²) >= 11 is 12.5. The molecule has 0 N–H and O–H groups in total. The van der Waals surface area contributed by atoms with E-state index in [2.05, 4.69) is 4.98 Å². The molecule has 0 saturated carbocycles. The number of aromatic nitrogens is 1. The quantitative estimate of drug-likeness (QED) is 0.284. The maximum absolute atomic E-state index is 12.3. The average Bonchev–Trinajstić information content (AvgIpc) is 2.76. The van der Waals surface area contributed by atoms with Gasteiger partial charge in [0.25, 0.3) is 0 Å². The van der Waals surface area contributed by atoms with Crippen molar-refractivity contribution in [1.29, 1.82) is 0 Å². The van der Waals surface area contributed by atoms with Crippen molar-refractivity contribution in [2.45, 2.75) is 13.5 Å². The maximum atomic E-state index is 12.3. The van der Waals surface area contributed by atoms with Crippen molar-refractivity contribution in [1.82, 2.24) is 4.98 Å². The van der Waals surface area contributed by atoms with Gasteiger partial charge in [0, 0.05) is 34.2 Å². The monoisotopic (exact) mass is 473 g/mol. The molecule has 0 aliphatic heterocycles. The molecule has 2 heterocycles. The van der Waals surface area contributed by atoms with Gasteiger partial charge in [-0.15, -0.1) is 0 Å². The number of esters is 1. The van der Waals surface area contributed by atoms with Gasteiger partial charge in [-0.1, -0.05) is 23.2 Å². The van der Waals surface area contributed by atoms with E-state index in [4.69, 9.17) is 41.8 Å². The molecule has 0 aliphatic rings. The zero-order valence-corrected chi connectivity index (χ0v) is 18.6. The highest BCUT2D eigenvalue weighted by molar-refractivity contribution is 6.39. The van der Waals surface area contributed by atoms with Crippen molar-refractivity contribution in [3.8, 4) is 11.5 Å². The summed E-state index contributed by atoms with van der Waals surface area (Å²) in [6, 6.07) is 11.5. The maximum Gasteiger partial charge on any atom is 0.344 e. The van der Waals surface area contributed by atoms with Crippen LogP contribution in [-0.4, -0.2) is 24.7 Å². The molecule has 0 saturated heterocycles. The lowest BCUT2D eigenvalue weighted by atomic mass is 10.1. The Morgan fingerprint density at radius 3 is 2.62 bits per heavy atom. The SMILES string of the molecule is COc1ccc2c(COC(=O)COc3c(Cl)cc(Cl)c4ccc(C)nc34)cc(=O)oc2c1. The highest BCUT2D eigenvalue weighted by Crippen LogP contribution is 2.37. The molecule has 2 aromatic heterocycles. The summed E-state index contributed by atoms with van der Waals surface area (Å²) in [5.74, 6) is 0.135. The van der Waals surface area contributed by atoms with Gasteiger partial charge in [0.1, 0.15) is 23.5 Å². The predicted octanol–water partition coefficient (Wildman–Crippen LogP) is 5.09. The Morgan fingerprint density at radius 1 is 1.06 bits per heavy atom. The Morgan fingerprint density at radius 2 is 1.84 bits per heavy atom. The first-order valence-electron chi connectivity index (χ1n) is 9.50. The number of benzene rings is 2. The fraction of sp³-hybridized carbons (Fsp3) is 0.174. The summed E-state index contributed by atoms with van der Waals surface area (Å²) in [5, 5.41) is 1.95. The zero-order chi connectivity index (χ0) is 22.8. The lowest BCUT2D eigenvalue weighted by Crippen LogP contribution is -2.16. The first kappa shape index (κ1) is 21.9. The van der Waals surface area contributed by atoms with Crippen LogP contribution in [0.5, 0.6) is 11.5 Å². The van der Waals surface area contributed by atoms with Gasteiger partial charge in [-0.2, -0.15) is 0 Å². The topological polar surface area (TPSA) is 87.9 Å². The molecule has 0 aliphatic carbocycles. The third-order valence-corrected chi connectivity index (χ3v) is 5.33. The number of carbonyl (C=O) groups excluding carboxylic acids is 1. The Balaban J connectivity index is 1.50. The third kappa shape index (κ3) is 4.49. The lowest BCUT2D eigenvalue weighted by molar-refractivity contribution is -0.147. The van der Waals surface area contributed by atoms with Gasteiger partial charge in [-0.3, -0.25) is 0 Å². The number of pyridine rings is 1. The molecule has 4 aromatic rings. The molecule has 0 radical (unpaired) electrons. The van der Waals surface area contributed by atoms with Crippen molar-refractivity contribution in [2.75, 3.05) is 13.7 Å². The molecule has 0 spiro atoms. The number of hydrogen-bond acceptors (Lipinski definition) is 7. The predicted molar refractivity (Wildman–Crippen MR) is 121 cm³/mol. The van der Waals surface area contributed by atoms with E-state index in [0.717, 1.165) is 5.69 Å². The second-order valence-corrected chi connectivity index (χ2v) is 7.73. The molecular weight excluding hydrogens is 457 g/mol. The number of aryl methyl sites for hydroxylation is 1. The van der Waals surface area contributed by atoms with Crippen LogP contribution in [0.2, 0.25) is 10.0 Å². The van der Waals surface area contributed by atoms with E-state index >= 15 is 0 Å². The van der Waals surface area contributed by atoms with Crippen LogP contribution in [0.3, 0.4) is 0 Å². The average molecular weight is 474 g/mol. The van der Waals surface area contributed by atoms with Crippen LogP contribution in [0.25, 0.3) is 21.9 Å². The molecule has 4 rings (SSSR count). The molecule has 32 heavy (non-hydrogen) atoms. The minimum Gasteiger partial charge on any atom is -0.497 e. The lowest BCUT2D eigenvalue weighted by Gasteiger charge is -2.12. The normalized spacial score (nSPS) is 11.0. The van der Waals surface area contributed by atoms with E-state index < -0.39 is 18.2 Å². The van der Waals surface area contributed by atoms with Gasteiger partial charge < -0.3 is 18.6 Å². The first-order valence-corrected chi connectivity index (χ1v) is 10.3. The van der Waals surface area contributed by atoms with Crippen LogP contribution in [0, 0.1) is 6.92 Å². The molecule has 0 amide bonds. The first-order chi connectivity index (χ1) is 15.4. The number of carbonyl (C=O) groups is 1. The van der Waals surface area contributed by atoms with E-state index in [1.54, 1.807) is 18.2 Å². The van der Waals surface area contributed by atoms with E-state index in [9.17, 15) is 9.59 Å². The summed E-state index contributed by atoms with van der Waals surface area (Å²) in [7, 11) is 1.51. The van der Waals surface area contributed by atoms with Gasteiger partial charge >= 0.3 is 11.6 Å². The van der Waals surface area contributed by atoms with Gasteiger partial charge in [0.15, 0.2) is 12.4 Å². The molecule has 0 unspecified atom stereocenters. The number of fused-ring (bicyclic) bond motifs is 2. The van der Waals surface area contributed by atoms with Gasteiger partial charge in [-0.05, 0) is 37.3 Å². The smallest absolute Gasteiger partial charge is 0.344 e. The second-order valence-electron chi connectivity index (χ2n) is 6.92. The van der Waals surface area contributed by atoms with Gasteiger partial charge in [0.2, 0.25) is 0 Å². The van der Waals surface area contributed by atoms with Crippen molar-refractivity contribution in [2.24, 2.45) is 0 Å². The molecule has 9 heteroatoms. The fourth-order valence-corrected chi connectivity index (χ4v) is 3.79. The van der Waals surface area contributed by atoms with Gasteiger partial charge in [-0.25, -0.2) is 14.6 Å². The molecule has 0 atom stereocenters. The number of nitrogens with zero attached hydrogens (tertiary/aromatic N) is 1. The fourth-order valence-electron chi connectivity index (χ4n) is 3.22. The van der Waals surface area contributed by atoms with Crippen LogP contribution in [-0.2, 0) is 16.1 Å². The molecule has 2 aromatic carbocycles. The van der Waals surface area contributed by atoms with Crippen molar-refractivity contribution < 1.29 is 23.4 Å². The highest BCUT2D eigenvalue weighted by atomic mass is 35.5. The standard InChI is InChI=1S/C23H17Cl2NO6/c1-12-3-5-16-17(24)9-18(25)23(22(16)26-12)31-11-21(28)30-10-13-7-20(27)32-19-8-14(29-2)4-6-15(13)19/h3-9H,10-11H2,1-2H3. The zero-order valence-electron chi connectivity index (χ0n) is 17.1. The number of rotatable bonds is 6. The number of ether oxygens (including phenoxy) is 3. The van der Waals surface area contributed by atoms with Crippen LogP contribution < -0.4 is 15.1 Å². The van der Waals surface area contributed by atoms with Crippen LogP contribution in [0.1, 0.15) is 11.3 Å². The van der Waals surface area contributed by atoms with E-state index in [1.807, 2.05) is 19.1 Å². The summed E-state index contributed by atoms with van der Waals surface area (Å²) in [6.07, 6.45) is 0. The third-order valence-electron chi connectivity index (χ3n) is 4.74. The van der Waals surface area contributed by atoms with E-state index in [-0.39, 0.29) is 17.4 Å². The Bertz CT molecular complexity index is 1400. The molecule has 0 bridgehead atoms. The summed E-state index contributed by atoms with van der Waals surface area (Å²) in [5.41, 5.74) is 1.47. The number of halogens is 2. The molecular formula is C23H17Cl2NO6. The molecule has 0 fully saturated rings. The van der Waals surface area contributed by atoms with Crippen LogP contribution >= 0.6 is 23.2 Å². The highest BCUT2D eigenvalue weighted by Gasteiger charge is 2.16. The largest absolute Gasteiger partial charge is 0.497 e. The molecule has 164 valence electrons. The van der Waals surface area contributed by atoms with Crippen LogP contribution in [0.15, 0.2) is 51.7 Å². The van der Waals surface area contributed by atoms with E-state index in [0.29, 0.717) is 38.2 Å². The summed E-state index contributed by atoms with van der Waals surface area (Å²) in [4.78, 5) is 28.6. The summed E-state index contributed by atoms with van der Waals surface area (Å²) in [6.45, 7) is 1.28. The number of hydrogen-bond donors (Lipinski definition) is 0. The summed E-state index contributed by atoms with van der Waals surface area (Å²) < 4.78 is 21.3. The van der Waals surface area contributed by atoms with Crippen LogP contribution in [0.4, 0.5) is 0 Å². The minimum absolute atomic E-state index is 0.136. The second kappa shape index (κ2) is 9.06. The Labute approximate surface area is 192 Å². The van der Waals surface area contributed by atoms with E-state index in [1.165, 1.54) is 19.2 Å². The Kier molecular flexibility index (Phi) is 6.21. The van der Waals surface area contributed by atoms with Crippen molar-refractivity contribution in [3.63, 3.8) is 0 Å². The Hall–Kier alpha value is -3.29. The minimum atomic E-state index is -0.647. The number of methoxy groups -OCH3 is 1. The van der Waals surface area contributed by atoms with Gasteiger partial charge in [0.05, 0.1) is 17.2 Å². The van der Waals surface area contributed by atoms with Crippen molar-refractivity contribution >= 4 is 51.0 Å². The van der Waals surface area contributed by atoms with Crippen molar-refractivity contribution in [3.05, 3.63) is 74.2 Å². The molecule has 7 nitrogen and oxygen atoms in total.